The average Bonchev–Trinajstić information content (AvgIpc) is 2.71. The quantitative estimate of drug-likeness (QED) is 0.450. The van der Waals surface area contributed by atoms with Crippen LogP contribution in [-0.2, 0) is 20.6 Å². The van der Waals surface area contributed by atoms with Crippen LogP contribution in [0.25, 0.3) is 0 Å². The number of amides is 2. The zero-order valence-electron chi connectivity index (χ0n) is 18.5. The fraction of sp³-hybridized carbons (Fsp3) is 0.417. The standard InChI is InChI=1S/C24H33N2O4P/c1-18(2)16-22(24(28)25-21-12-8-5-9-13-21)26-23(27)20(17-31(3,29)30)15-14-19-10-6-4-7-11-19/h4-13,18,20,22H,14-17H2,1-3H3,(H,25,28)(H,26,27)(H,29,30)/t20-,22+/m1/s1. The highest BCUT2D eigenvalue weighted by atomic mass is 31.2. The molecule has 0 heterocycles. The van der Waals surface area contributed by atoms with Gasteiger partial charge in [-0.05, 0) is 42.9 Å². The van der Waals surface area contributed by atoms with Gasteiger partial charge in [-0.3, -0.25) is 14.2 Å². The molecule has 2 rings (SSSR count). The fourth-order valence-corrected chi connectivity index (χ4v) is 4.61. The Morgan fingerprint density at radius 2 is 1.55 bits per heavy atom. The summed E-state index contributed by atoms with van der Waals surface area (Å²) in [6, 6.07) is 18.1. The third-order valence-electron chi connectivity index (χ3n) is 4.94. The molecule has 0 saturated heterocycles. The molecular formula is C24H33N2O4P. The summed E-state index contributed by atoms with van der Waals surface area (Å²) in [6.07, 6.45) is 1.41. The minimum absolute atomic E-state index is 0.111. The largest absolute Gasteiger partial charge is 0.344 e. The van der Waals surface area contributed by atoms with E-state index in [1.165, 1.54) is 6.66 Å². The Bertz CT molecular complexity index is 881. The van der Waals surface area contributed by atoms with E-state index in [1.54, 1.807) is 12.1 Å². The number of anilines is 1. The highest BCUT2D eigenvalue weighted by molar-refractivity contribution is 7.57. The predicted molar refractivity (Wildman–Crippen MR) is 125 cm³/mol. The number of aryl methyl sites for hydroxylation is 1. The summed E-state index contributed by atoms with van der Waals surface area (Å²) in [5, 5.41) is 5.68. The van der Waals surface area contributed by atoms with Crippen molar-refractivity contribution in [1.82, 2.24) is 5.32 Å². The maximum atomic E-state index is 13.1. The first kappa shape index (κ1) is 24.8. The van der Waals surface area contributed by atoms with Crippen molar-refractivity contribution in [3.8, 4) is 0 Å². The van der Waals surface area contributed by atoms with E-state index >= 15 is 0 Å². The van der Waals surface area contributed by atoms with Gasteiger partial charge in [-0.2, -0.15) is 0 Å². The van der Waals surface area contributed by atoms with Crippen LogP contribution in [0, 0.1) is 11.8 Å². The Balaban J connectivity index is 2.11. The van der Waals surface area contributed by atoms with Gasteiger partial charge in [0.1, 0.15) is 6.04 Å². The number of benzene rings is 2. The van der Waals surface area contributed by atoms with E-state index in [4.69, 9.17) is 0 Å². The van der Waals surface area contributed by atoms with Gasteiger partial charge >= 0.3 is 0 Å². The average molecular weight is 445 g/mol. The monoisotopic (exact) mass is 444 g/mol. The van der Waals surface area contributed by atoms with Crippen LogP contribution >= 0.6 is 7.37 Å². The van der Waals surface area contributed by atoms with Gasteiger partial charge in [0.05, 0.1) is 0 Å². The third kappa shape index (κ3) is 9.50. The van der Waals surface area contributed by atoms with E-state index in [9.17, 15) is 19.0 Å². The van der Waals surface area contributed by atoms with E-state index in [-0.39, 0.29) is 23.9 Å². The molecule has 31 heavy (non-hydrogen) atoms. The Hall–Kier alpha value is -2.43. The summed E-state index contributed by atoms with van der Waals surface area (Å²) in [6.45, 7) is 5.23. The molecule has 0 aliphatic heterocycles. The lowest BCUT2D eigenvalue weighted by Crippen LogP contribution is -2.47. The zero-order chi connectivity index (χ0) is 22.9. The number of hydrogen-bond acceptors (Lipinski definition) is 3. The molecule has 2 aromatic carbocycles. The van der Waals surface area contributed by atoms with Gasteiger partial charge in [0, 0.05) is 24.4 Å². The minimum Gasteiger partial charge on any atom is -0.344 e. The van der Waals surface area contributed by atoms with Crippen LogP contribution in [0.4, 0.5) is 5.69 Å². The van der Waals surface area contributed by atoms with Crippen LogP contribution < -0.4 is 10.6 Å². The Kier molecular flexibility index (Phi) is 9.47. The van der Waals surface area contributed by atoms with Gasteiger partial charge in [0.2, 0.25) is 11.8 Å². The van der Waals surface area contributed by atoms with E-state index in [0.717, 1.165) is 5.56 Å². The highest BCUT2D eigenvalue weighted by Crippen LogP contribution is 2.38. The Morgan fingerprint density at radius 1 is 0.968 bits per heavy atom. The first-order chi connectivity index (χ1) is 14.6. The van der Waals surface area contributed by atoms with Gasteiger partial charge in [0.15, 0.2) is 7.37 Å². The molecule has 6 nitrogen and oxygen atoms in total. The maximum absolute atomic E-state index is 13.1. The van der Waals surface area contributed by atoms with Gasteiger partial charge in [-0.25, -0.2) is 0 Å². The van der Waals surface area contributed by atoms with Crippen molar-refractivity contribution in [2.24, 2.45) is 11.8 Å². The highest BCUT2D eigenvalue weighted by Gasteiger charge is 2.29. The summed E-state index contributed by atoms with van der Waals surface area (Å²) in [4.78, 5) is 35.8. The molecule has 2 aromatic rings. The van der Waals surface area contributed by atoms with Crippen LogP contribution in [0.1, 0.15) is 32.3 Å². The lowest BCUT2D eigenvalue weighted by atomic mass is 9.98. The Morgan fingerprint density at radius 3 is 2.10 bits per heavy atom. The molecule has 2 amide bonds. The third-order valence-corrected chi connectivity index (χ3v) is 6.05. The second kappa shape index (κ2) is 11.8. The topological polar surface area (TPSA) is 95.5 Å². The molecule has 0 aromatic heterocycles. The van der Waals surface area contributed by atoms with Crippen molar-refractivity contribution in [3.63, 3.8) is 0 Å². The van der Waals surface area contributed by atoms with E-state index in [1.807, 2.05) is 62.4 Å². The zero-order valence-corrected chi connectivity index (χ0v) is 19.3. The molecule has 0 saturated carbocycles. The molecule has 3 N–H and O–H groups in total. The van der Waals surface area contributed by atoms with E-state index in [0.29, 0.717) is 24.9 Å². The Labute approximate surface area is 184 Å². The lowest BCUT2D eigenvalue weighted by Gasteiger charge is -2.24. The van der Waals surface area contributed by atoms with Gasteiger partial charge in [-0.15, -0.1) is 0 Å². The van der Waals surface area contributed by atoms with Gasteiger partial charge < -0.3 is 15.5 Å². The van der Waals surface area contributed by atoms with E-state index in [2.05, 4.69) is 10.6 Å². The molecule has 0 radical (unpaired) electrons. The van der Waals surface area contributed by atoms with Crippen molar-refractivity contribution in [2.75, 3.05) is 18.1 Å². The normalized spacial score (nSPS) is 15.0. The van der Waals surface area contributed by atoms with Crippen LogP contribution in [0.2, 0.25) is 0 Å². The summed E-state index contributed by atoms with van der Waals surface area (Å²) in [7, 11) is -3.41. The molecule has 0 aliphatic carbocycles. The minimum atomic E-state index is -3.41. The number of para-hydroxylation sites is 1. The van der Waals surface area contributed by atoms with Crippen LogP contribution in [0.3, 0.4) is 0 Å². The van der Waals surface area contributed by atoms with Crippen molar-refractivity contribution >= 4 is 24.9 Å². The number of rotatable bonds is 11. The molecule has 0 fully saturated rings. The van der Waals surface area contributed by atoms with Gasteiger partial charge in [0.25, 0.3) is 0 Å². The first-order valence-corrected chi connectivity index (χ1v) is 12.9. The summed E-state index contributed by atoms with van der Waals surface area (Å²) >= 11 is 0. The summed E-state index contributed by atoms with van der Waals surface area (Å²) in [5.74, 6) is -1.12. The SMILES string of the molecule is CC(C)C[C@H](NC(=O)[C@H](CCc1ccccc1)CP(C)(=O)O)C(=O)Nc1ccccc1. The number of hydrogen-bond donors (Lipinski definition) is 3. The maximum Gasteiger partial charge on any atom is 0.246 e. The molecule has 7 heteroatoms. The van der Waals surface area contributed by atoms with Crippen molar-refractivity contribution in [1.29, 1.82) is 0 Å². The van der Waals surface area contributed by atoms with Crippen molar-refractivity contribution < 1.29 is 19.0 Å². The van der Waals surface area contributed by atoms with Crippen LogP contribution in [0.15, 0.2) is 60.7 Å². The lowest BCUT2D eigenvalue weighted by molar-refractivity contribution is -0.129. The molecule has 0 aliphatic rings. The fourth-order valence-electron chi connectivity index (χ4n) is 3.44. The van der Waals surface area contributed by atoms with Gasteiger partial charge in [-0.1, -0.05) is 62.4 Å². The molecule has 0 bridgehead atoms. The molecule has 0 spiro atoms. The van der Waals surface area contributed by atoms with Crippen LogP contribution in [0.5, 0.6) is 0 Å². The summed E-state index contributed by atoms with van der Waals surface area (Å²) in [5.41, 5.74) is 1.72. The molecule has 168 valence electrons. The van der Waals surface area contributed by atoms with E-state index < -0.39 is 19.3 Å². The van der Waals surface area contributed by atoms with Crippen molar-refractivity contribution in [3.05, 3.63) is 66.2 Å². The number of carbonyl (C=O) groups is 2. The molecule has 3 atom stereocenters. The molecule has 1 unspecified atom stereocenters. The first-order valence-electron chi connectivity index (χ1n) is 10.6. The summed E-state index contributed by atoms with van der Waals surface area (Å²) < 4.78 is 12.1. The smallest absolute Gasteiger partial charge is 0.246 e. The predicted octanol–water partition coefficient (Wildman–Crippen LogP) is 4.31. The number of nitrogens with one attached hydrogen (secondary N) is 2. The van der Waals surface area contributed by atoms with Crippen molar-refractivity contribution in [2.45, 2.75) is 39.2 Å². The number of carbonyl (C=O) groups excluding carboxylic acids is 2. The second-order valence-corrected chi connectivity index (χ2v) is 11.0. The van der Waals surface area contributed by atoms with Crippen LogP contribution in [-0.4, -0.2) is 35.6 Å². The second-order valence-electron chi connectivity index (χ2n) is 8.50. The molecular weight excluding hydrogens is 411 g/mol.